The lowest BCUT2D eigenvalue weighted by molar-refractivity contribution is 0.109. The Morgan fingerprint density at radius 1 is 0.684 bits per heavy atom. The number of hydrogen-bond acceptors (Lipinski definition) is 10. The molecule has 57 heavy (non-hydrogen) atoms. The summed E-state index contributed by atoms with van der Waals surface area (Å²) in [6.07, 6.45) is 11.3. The van der Waals surface area contributed by atoms with Gasteiger partial charge in [-0.3, -0.25) is 15.0 Å². The summed E-state index contributed by atoms with van der Waals surface area (Å²) in [4.78, 5) is 35.5. The van der Waals surface area contributed by atoms with Crippen LogP contribution in [0.5, 0.6) is 0 Å². The van der Waals surface area contributed by atoms with E-state index < -0.39 is 31.7 Å². The molecule has 0 atom stereocenters. The van der Waals surface area contributed by atoms with Crippen LogP contribution in [0.1, 0.15) is 30.4 Å². The fraction of sp³-hybridized carbons (Fsp3) is 0.256. The van der Waals surface area contributed by atoms with Crippen molar-refractivity contribution in [2.75, 3.05) is 36.9 Å². The number of benzene rings is 2. The van der Waals surface area contributed by atoms with Crippen molar-refractivity contribution in [2.45, 2.75) is 47.0 Å². The molecule has 18 heteroatoms. The molecule has 1 spiro atoms. The third-order valence-corrected chi connectivity index (χ3v) is 13.1. The summed E-state index contributed by atoms with van der Waals surface area (Å²) in [6, 6.07) is 19.2. The number of anilines is 2. The molecule has 5 aromatic rings. The van der Waals surface area contributed by atoms with Gasteiger partial charge >= 0.3 is 12.1 Å². The van der Waals surface area contributed by atoms with E-state index in [-0.39, 0.29) is 26.1 Å². The van der Waals surface area contributed by atoms with Crippen LogP contribution in [-0.4, -0.2) is 74.5 Å². The molecule has 0 aliphatic carbocycles. The van der Waals surface area contributed by atoms with E-state index in [1.807, 2.05) is 12.1 Å². The number of ether oxygens (including phenoxy) is 1. The minimum atomic E-state index is -3.89. The molecule has 7 rings (SSSR count). The molecule has 4 N–H and O–H groups in total. The highest BCUT2D eigenvalue weighted by atomic mass is 32.2. The number of nitrogens with zero attached hydrogens (tertiary/aromatic N) is 4. The first-order valence-corrected chi connectivity index (χ1v) is 20.9. The Morgan fingerprint density at radius 3 is 1.70 bits per heavy atom. The molecule has 0 radical (unpaired) electrons. The van der Waals surface area contributed by atoms with Crippen LogP contribution < -0.4 is 21.3 Å². The normalized spacial score (nSPS) is 15.2. The predicted octanol–water partition coefficient (Wildman–Crippen LogP) is 5.36. The Labute approximate surface area is 330 Å². The van der Waals surface area contributed by atoms with Crippen molar-refractivity contribution < 1.29 is 35.6 Å². The first-order valence-electron chi connectivity index (χ1n) is 17.9. The zero-order valence-corrected chi connectivity index (χ0v) is 32.3. The molecule has 298 valence electrons. The Kier molecular flexibility index (Phi) is 13.2. The number of urea groups is 2. The van der Waals surface area contributed by atoms with Gasteiger partial charge in [-0.05, 0) is 103 Å². The minimum Gasteiger partial charge on any atom is -0.381 e. The Morgan fingerprint density at radius 2 is 1.23 bits per heavy atom. The SMILES string of the molecule is O=C(NCc1cccnc1)Nc1ccc(S(=O)(=O)N2CCC3(CCOC3)CC2)cc1.O=C(NCc1cccnc1)Nc1ccc(S(=O)(=O)c2cncc(F)c2)cc1. The maximum Gasteiger partial charge on any atom is 0.319 e. The Balaban J connectivity index is 0.000000194. The average molecular weight is 817 g/mol. The summed E-state index contributed by atoms with van der Waals surface area (Å²) in [7, 11) is -7.43. The second-order valence-corrected chi connectivity index (χ2v) is 17.3. The second kappa shape index (κ2) is 18.4. The summed E-state index contributed by atoms with van der Waals surface area (Å²) >= 11 is 0. The molecular formula is C39H41FN8O7S2. The van der Waals surface area contributed by atoms with Gasteiger partial charge in [0.05, 0.1) is 27.5 Å². The quantitative estimate of drug-likeness (QED) is 0.142. The zero-order chi connectivity index (χ0) is 40.3. The fourth-order valence-electron chi connectivity index (χ4n) is 6.22. The van der Waals surface area contributed by atoms with Crippen LogP contribution in [0.2, 0.25) is 0 Å². The molecule has 2 aromatic carbocycles. The maximum atomic E-state index is 13.2. The Hall–Kier alpha value is -5.82. The lowest BCUT2D eigenvalue weighted by Crippen LogP contribution is -2.43. The molecule has 2 aliphatic rings. The van der Waals surface area contributed by atoms with Gasteiger partial charge in [-0.1, -0.05) is 12.1 Å². The highest BCUT2D eigenvalue weighted by Gasteiger charge is 2.41. The van der Waals surface area contributed by atoms with Crippen LogP contribution in [0, 0.1) is 11.2 Å². The van der Waals surface area contributed by atoms with Gasteiger partial charge in [0.2, 0.25) is 19.9 Å². The van der Waals surface area contributed by atoms with Crippen LogP contribution in [0.4, 0.5) is 25.4 Å². The Bertz CT molecular complexity index is 2340. The van der Waals surface area contributed by atoms with E-state index in [1.54, 1.807) is 53.4 Å². The number of nitrogens with one attached hydrogen (secondary N) is 4. The number of pyridine rings is 3. The number of carbonyl (C=O) groups excluding carboxylic acids is 2. The number of piperidine rings is 1. The van der Waals surface area contributed by atoms with E-state index in [9.17, 15) is 30.8 Å². The molecule has 0 saturated carbocycles. The second-order valence-electron chi connectivity index (χ2n) is 13.4. The summed E-state index contributed by atoms with van der Waals surface area (Å²) < 4.78 is 71.2. The lowest BCUT2D eigenvalue weighted by atomic mass is 9.79. The van der Waals surface area contributed by atoms with Crippen molar-refractivity contribution in [1.29, 1.82) is 0 Å². The molecule has 0 bridgehead atoms. The number of sulfone groups is 1. The standard InChI is InChI=1S/C21H26N4O4S.C18H15FN4O3S/c26-20(23-15-17-2-1-10-22-14-17)24-18-3-5-19(6-4-18)30(27,28)25-11-7-21(8-12-25)9-13-29-16-21;19-14-8-17(12-21-11-14)27(25,26)16-5-3-15(4-6-16)23-18(24)22-10-13-2-1-7-20-9-13/h1-6,10,14H,7-9,11-13,15-16H2,(H2,23,24,26);1-9,11-12H,10H2,(H2,22,23,24). The summed E-state index contributed by atoms with van der Waals surface area (Å²) in [6.45, 7) is 3.21. The first-order chi connectivity index (χ1) is 27.4. The third kappa shape index (κ3) is 10.9. The number of sulfonamides is 1. The number of aromatic nitrogens is 3. The highest BCUT2D eigenvalue weighted by Crippen LogP contribution is 2.40. The van der Waals surface area contributed by atoms with Gasteiger partial charge < -0.3 is 26.0 Å². The molecule has 4 amide bonds. The largest absolute Gasteiger partial charge is 0.381 e. The van der Waals surface area contributed by atoms with Crippen molar-refractivity contribution >= 4 is 43.3 Å². The first kappa shape index (κ1) is 40.8. The number of amides is 4. The van der Waals surface area contributed by atoms with Gasteiger partial charge in [-0.25, -0.2) is 30.8 Å². The van der Waals surface area contributed by atoms with Crippen molar-refractivity contribution in [2.24, 2.45) is 5.41 Å². The lowest BCUT2D eigenvalue weighted by Gasteiger charge is -2.37. The summed E-state index contributed by atoms with van der Waals surface area (Å²) in [5.74, 6) is -0.736. The molecule has 2 aliphatic heterocycles. The molecule has 2 fully saturated rings. The highest BCUT2D eigenvalue weighted by molar-refractivity contribution is 7.91. The van der Waals surface area contributed by atoms with Gasteiger partial charge in [0.25, 0.3) is 0 Å². The van der Waals surface area contributed by atoms with E-state index in [0.29, 0.717) is 37.6 Å². The van der Waals surface area contributed by atoms with Crippen molar-refractivity contribution in [3.8, 4) is 0 Å². The summed E-state index contributed by atoms with van der Waals surface area (Å²) in [5.41, 5.74) is 2.83. The average Bonchev–Trinajstić information content (AvgIpc) is 3.68. The molecule has 15 nitrogen and oxygen atoms in total. The molecule has 5 heterocycles. The van der Waals surface area contributed by atoms with Crippen molar-refractivity contribution in [1.82, 2.24) is 29.9 Å². The monoisotopic (exact) mass is 816 g/mol. The molecule has 0 unspecified atom stereocenters. The van der Waals surface area contributed by atoms with E-state index in [1.165, 1.54) is 36.4 Å². The number of carbonyl (C=O) groups is 2. The smallest absolute Gasteiger partial charge is 0.319 e. The van der Waals surface area contributed by atoms with Crippen molar-refractivity contribution in [3.63, 3.8) is 0 Å². The molecule has 2 saturated heterocycles. The van der Waals surface area contributed by atoms with Gasteiger partial charge in [0.1, 0.15) is 5.82 Å². The minimum absolute atomic E-state index is 0.0313. The number of rotatable bonds is 10. The van der Waals surface area contributed by atoms with Crippen LogP contribution in [0.3, 0.4) is 0 Å². The number of halogens is 1. The van der Waals surface area contributed by atoms with Crippen molar-refractivity contribution in [3.05, 3.63) is 133 Å². The fourth-order valence-corrected chi connectivity index (χ4v) is 8.89. The van der Waals surface area contributed by atoms with E-state index in [2.05, 4.69) is 36.2 Å². The van der Waals surface area contributed by atoms with E-state index in [4.69, 9.17) is 4.74 Å². The van der Waals surface area contributed by atoms with Crippen LogP contribution in [0.25, 0.3) is 0 Å². The van der Waals surface area contributed by atoms with Gasteiger partial charge in [-0.2, -0.15) is 4.31 Å². The van der Waals surface area contributed by atoms with Crippen LogP contribution >= 0.6 is 0 Å². The van der Waals surface area contributed by atoms with E-state index in [0.717, 1.165) is 62.1 Å². The van der Waals surface area contributed by atoms with Gasteiger partial charge in [0, 0.05) is 75.1 Å². The van der Waals surface area contributed by atoms with Gasteiger partial charge in [-0.15, -0.1) is 0 Å². The third-order valence-electron chi connectivity index (χ3n) is 9.48. The topological polar surface area (TPSA) is 202 Å². The van der Waals surface area contributed by atoms with Gasteiger partial charge in [0.15, 0.2) is 0 Å². The zero-order valence-electron chi connectivity index (χ0n) is 30.7. The van der Waals surface area contributed by atoms with Crippen LogP contribution in [0.15, 0.2) is 131 Å². The molecular weight excluding hydrogens is 776 g/mol. The molecule has 3 aromatic heterocycles. The van der Waals surface area contributed by atoms with Crippen LogP contribution in [-0.2, 0) is 37.7 Å². The number of hydrogen-bond donors (Lipinski definition) is 4. The van der Waals surface area contributed by atoms with E-state index >= 15 is 0 Å². The summed E-state index contributed by atoms with van der Waals surface area (Å²) in [5, 5.41) is 10.7. The maximum absolute atomic E-state index is 13.2. The predicted molar refractivity (Wildman–Crippen MR) is 209 cm³/mol.